The van der Waals surface area contributed by atoms with Gasteiger partial charge in [-0.2, -0.15) is 0 Å². The third kappa shape index (κ3) is 2.82. The number of hydrogen-bond donors (Lipinski definition) is 0. The predicted molar refractivity (Wildman–Crippen MR) is 95.3 cm³/mol. The minimum Gasteiger partial charge on any atom is -0.465 e. The first-order chi connectivity index (χ1) is 12.2. The van der Waals surface area contributed by atoms with Gasteiger partial charge in [0.15, 0.2) is 0 Å². The number of benzene rings is 2. The highest BCUT2D eigenvalue weighted by Crippen LogP contribution is 2.35. The average Bonchev–Trinajstić information content (AvgIpc) is 2.59. The molecule has 126 valence electrons. The van der Waals surface area contributed by atoms with E-state index >= 15 is 0 Å². The van der Waals surface area contributed by atoms with Gasteiger partial charge in [0.1, 0.15) is 5.82 Å². The van der Waals surface area contributed by atoms with Gasteiger partial charge in [0, 0.05) is 24.0 Å². The summed E-state index contributed by atoms with van der Waals surface area (Å²) in [5, 5.41) is 0.885. The molecule has 1 aliphatic heterocycles. The molecule has 0 amide bonds. The summed E-state index contributed by atoms with van der Waals surface area (Å²) >= 11 is 0. The molecule has 1 fully saturated rings. The number of pyridine rings is 1. The van der Waals surface area contributed by atoms with Crippen molar-refractivity contribution in [3.05, 3.63) is 59.9 Å². The van der Waals surface area contributed by atoms with E-state index in [1.54, 1.807) is 24.3 Å². The molecule has 0 N–H and O–H groups in total. The molecule has 3 aromatic rings. The molecule has 4 nitrogen and oxygen atoms in total. The van der Waals surface area contributed by atoms with Crippen LogP contribution in [0.5, 0.6) is 0 Å². The van der Waals surface area contributed by atoms with E-state index in [1.165, 1.54) is 19.2 Å². The van der Waals surface area contributed by atoms with Crippen LogP contribution in [-0.2, 0) is 4.74 Å². The quantitative estimate of drug-likeness (QED) is 0.677. The van der Waals surface area contributed by atoms with E-state index in [2.05, 4.69) is 4.90 Å². The Hall–Kier alpha value is -2.95. The lowest BCUT2D eigenvalue weighted by Gasteiger charge is -2.34. The van der Waals surface area contributed by atoms with Crippen molar-refractivity contribution in [2.45, 2.75) is 6.42 Å². The van der Waals surface area contributed by atoms with Gasteiger partial charge in [0.25, 0.3) is 0 Å². The Morgan fingerprint density at radius 1 is 1.12 bits per heavy atom. The summed E-state index contributed by atoms with van der Waals surface area (Å²) in [5.41, 5.74) is 4.00. The molecule has 5 heteroatoms. The fourth-order valence-corrected chi connectivity index (χ4v) is 3.03. The highest BCUT2D eigenvalue weighted by Gasteiger charge is 2.21. The third-order valence-corrected chi connectivity index (χ3v) is 4.53. The first-order valence-corrected chi connectivity index (χ1v) is 8.20. The van der Waals surface area contributed by atoms with Crippen LogP contribution in [0.2, 0.25) is 0 Å². The van der Waals surface area contributed by atoms with Crippen molar-refractivity contribution in [1.82, 2.24) is 4.98 Å². The highest BCUT2D eigenvalue weighted by atomic mass is 19.1. The molecule has 2 heterocycles. The Balaban J connectivity index is 1.89. The fourth-order valence-electron chi connectivity index (χ4n) is 3.03. The van der Waals surface area contributed by atoms with Crippen LogP contribution in [-0.4, -0.2) is 31.2 Å². The second-order valence-corrected chi connectivity index (χ2v) is 6.10. The van der Waals surface area contributed by atoms with E-state index in [0.717, 1.165) is 47.4 Å². The number of aromatic nitrogens is 1. The Labute approximate surface area is 144 Å². The molecule has 0 bridgehead atoms. The largest absolute Gasteiger partial charge is 0.465 e. The highest BCUT2D eigenvalue weighted by molar-refractivity contribution is 5.96. The van der Waals surface area contributed by atoms with Gasteiger partial charge in [-0.1, -0.05) is 0 Å². The minimum atomic E-state index is -0.366. The number of hydrogen-bond acceptors (Lipinski definition) is 4. The molecule has 0 spiro atoms. The van der Waals surface area contributed by atoms with Gasteiger partial charge in [-0.3, -0.25) is 0 Å². The number of nitrogens with zero attached hydrogens (tertiary/aromatic N) is 2. The van der Waals surface area contributed by atoms with Crippen molar-refractivity contribution in [3.8, 4) is 11.3 Å². The monoisotopic (exact) mass is 336 g/mol. The average molecular weight is 336 g/mol. The van der Waals surface area contributed by atoms with E-state index < -0.39 is 0 Å². The van der Waals surface area contributed by atoms with Crippen LogP contribution >= 0.6 is 0 Å². The smallest absolute Gasteiger partial charge is 0.337 e. The SMILES string of the molecule is COC(=O)c1ccc2nc(-c3ccc(F)cc3)c(N3CCC3)cc2c1. The first kappa shape index (κ1) is 15.6. The van der Waals surface area contributed by atoms with E-state index in [4.69, 9.17) is 9.72 Å². The summed E-state index contributed by atoms with van der Waals surface area (Å²) in [6, 6.07) is 13.8. The second kappa shape index (κ2) is 6.16. The first-order valence-electron chi connectivity index (χ1n) is 8.20. The number of anilines is 1. The van der Waals surface area contributed by atoms with Crippen molar-refractivity contribution >= 4 is 22.6 Å². The van der Waals surface area contributed by atoms with Crippen LogP contribution < -0.4 is 4.90 Å². The molecule has 0 saturated carbocycles. The summed E-state index contributed by atoms with van der Waals surface area (Å²) in [4.78, 5) is 18.8. The standard InChI is InChI=1S/C20H17FN2O2/c1-25-20(24)14-5-8-17-15(11-14)12-18(23-9-2-10-23)19(22-17)13-3-6-16(21)7-4-13/h3-8,11-12H,2,9-10H2,1H3. The lowest BCUT2D eigenvalue weighted by molar-refractivity contribution is 0.0601. The Kier molecular flexibility index (Phi) is 3.84. The topological polar surface area (TPSA) is 42.4 Å². The number of rotatable bonds is 3. The maximum atomic E-state index is 13.3. The number of carbonyl (C=O) groups is 1. The summed E-state index contributed by atoms with van der Waals surface area (Å²) in [6.07, 6.45) is 1.14. The van der Waals surface area contributed by atoms with Crippen molar-refractivity contribution in [1.29, 1.82) is 0 Å². The number of carbonyl (C=O) groups excluding carboxylic acids is 1. The predicted octanol–water partition coefficient (Wildman–Crippen LogP) is 4.04. The number of fused-ring (bicyclic) bond motifs is 1. The van der Waals surface area contributed by atoms with E-state index in [1.807, 2.05) is 12.1 Å². The van der Waals surface area contributed by atoms with Gasteiger partial charge in [-0.05, 0) is 55.0 Å². The Morgan fingerprint density at radius 3 is 2.52 bits per heavy atom. The van der Waals surface area contributed by atoms with Crippen molar-refractivity contribution in [2.24, 2.45) is 0 Å². The van der Waals surface area contributed by atoms with Gasteiger partial charge in [-0.15, -0.1) is 0 Å². The number of halogens is 1. The third-order valence-electron chi connectivity index (χ3n) is 4.53. The van der Waals surface area contributed by atoms with Crippen molar-refractivity contribution in [2.75, 3.05) is 25.1 Å². The molecular weight excluding hydrogens is 319 g/mol. The summed E-state index contributed by atoms with van der Waals surface area (Å²) in [7, 11) is 1.37. The Bertz CT molecular complexity index is 950. The second-order valence-electron chi connectivity index (χ2n) is 6.10. The van der Waals surface area contributed by atoms with E-state index in [-0.39, 0.29) is 11.8 Å². The molecular formula is C20H17FN2O2. The van der Waals surface area contributed by atoms with Crippen LogP contribution in [0.15, 0.2) is 48.5 Å². The van der Waals surface area contributed by atoms with Crippen molar-refractivity contribution < 1.29 is 13.9 Å². The summed E-state index contributed by atoms with van der Waals surface area (Å²) < 4.78 is 18.1. The summed E-state index contributed by atoms with van der Waals surface area (Å²) in [6.45, 7) is 1.94. The maximum Gasteiger partial charge on any atom is 0.337 e. The van der Waals surface area contributed by atoms with Crippen LogP contribution in [0.4, 0.5) is 10.1 Å². The molecule has 0 aliphatic carbocycles. The van der Waals surface area contributed by atoms with Crippen LogP contribution in [0, 0.1) is 5.82 Å². The lowest BCUT2D eigenvalue weighted by atomic mass is 10.0. The molecule has 0 unspecified atom stereocenters. The molecule has 4 rings (SSSR count). The van der Waals surface area contributed by atoms with Gasteiger partial charge in [-0.25, -0.2) is 14.2 Å². The van der Waals surface area contributed by atoms with E-state index in [9.17, 15) is 9.18 Å². The lowest BCUT2D eigenvalue weighted by Crippen LogP contribution is -2.37. The summed E-state index contributed by atoms with van der Waals surface area (Å²) in [5.74, 6) is -0.632. The Morgan fingerprint density at radius 2 is 1.88 bits per heavy atom. The van der Waals surface area contributed by atoms with Gasteiger partial charge in [0.05, 0.1) is 29.6 Å². The zero-order valence-electron chi connectivity index (χ0n) is 13.8. The van der Waals surface area contributed by atoms with Crippen LogP contribution in [0.1, 0.15) is 16.8 Å². The van der Waals surface area contributed by atoms with E-state index in [0.29, 0.717) is 5.56 Å². The van der Waals surface area contributed by atoms with Crippen molar-refractivity contribution in [3.63, 3.8) is 0 Å². The van der Waals surface area contributed by atoms with Gasteiger partial charge in [0.2, 0.25) is 0 Å². The normalized spacial score (nSPS) is 13.6. The van der Waals surface area contributed by atoms with Crippen LogP contribution in [0.3, 0.4) is 0 Å². The molecule has 1 aliphatic rings. The molecule has 1 aromatic heterocycles. The molecule has 2 aromatic carbocycles. The minimum absolute atomic E-state index is 0.266. The van der Waals surface area contributed by atoms with Gasteiger partial charge < -0.3 is 9.64 Å². The molecule has 25 heavy (non-hydrogen) atoms. The molecule has 0 atom stereocenters. The maximum absolute atomic E-state index is 13.3. The zero-order valence-corrected chi connectivity index (χ0v) is 13.8. The van der Waals surface area contributed by atoms with Crippen LogP contribution in [0.25, 0.3) is 22.2 Å². The number of esters is 1. The molecule has 0 radical (unpaired) electrons. The van der Waals surface area contributed by atoms with Gasteiger partial charge >= 0.3 is 5.97 Å². The molecule has 1 saturated heterocycles. The number of methoxy groups -OCH3 is 1. The number of ether oxygens (including phenoxy) is 1. The zero-order chi connectivity index (χ0) is 17.4. The fraction of sp³-hybridized carbons (Fsp3) is 0.200.